The number of benzene rings is 1. The minimum absolute atomic E-state index is 0.164. The Bertz CT molecular complexity index is 665. The molecule has 2 N–H and O–H groups in total. The average molecular weight is 417 g/mol. The van der Waals surface area contributed by atoms with Gasteiger partial charge >= 0.3 is 0 Å². The van der Waals surface area contributed by atoms with Crippen molar-refractivity contribution in [1.82, 2.24) is 15.5 Å². The van der Waals surface area contributed by atoms with E-state index in [0.29, 0.717) is 6.04 Å². The minimum Gasteiger partial charge on any atom is -0.497 e. The number of rotatable bonds is 9. The lowest BCUT2D eigenvalue weighted by Gasteiger charge is -2.34. The molecule has 3 rings (SSSR count). The van der Waals surface area contributed by atoms with E-state index in [2.05, 4.69) is 38.7 Å². The molecule has 0 atom stereocenters. The fourth-order valence-electron chi connectivity index (χ4n) is 4.95. The van der Waals surface area contributed by atoms with Crippen LogP contribution in [0.3, 0.4) is 0 Å². The summed E-state index contributed by atoms with van der Waals surface area (Å²) in [5.41, 5.74) is 1.54. The minimum atomic E-state index is 0.164. The van der Waals surface area contributed by atoms with E-state index in [9.17, 15) is 0 Å². The van der Waals surface area contributed by atoms with Gasteiger partial charge in [-0.25, -0.2) is 0 Å². The van der Waals surface area contributed by atoms with Crippen molar-refractivity contribution in [2.75, 3.05) is 54.1 Å². The molecular weight excluding hydrogens is 376 g/mol. The summed E-state index contributed by atoms with van der Waals surface area (Å²) in [4.78, 5) is 7.07. The Morgan fingerprint density at radius 2 is 1.97 bits per heavy atom. The summed E-state index contributed by atoms with van der Waals surface area (Å²) in [6, 6.07) is 9.10. The Morgan fingerprint density at radius 1 is 1.20 bits per heavy atom. The number of hydrogen-bond acceptors (Lipinski definition) is 4. The second-order valence-electron chi connectivity index (χ2n) is 8.75. The fraction of sp³-hybridized carbons (Fsp3) is 0.708. The van der Waals surface area contributed by atoms with Gasteiger partial charge < -0.3 is 25.0 Å². The van der Waals surface area contributed by atoms with Crippen molar-refractivity contribution in [3.63, 3.8) is 0 Å². The lowest BCUT2D eigenvalue weighted by atomic mass is 9.78. The van der Waals surface area contributed by atoms with Gasteiger partial charge in [-0.2, -0.15) is 0 Å². The van der Waals surface area contributed by atoms with Gasteiger partial charge in [-0.3, -0.25) is 4.99 Å². The van der Waals surface area contributed by atoms with Crippen LogP contribution >= 0.6 is 0 Å². The van der Waals surface area contributed by atoms with E-state index in [1.165, 1.54) is 31.2 Å². The summed E-state index contributed by atoms with van der Waals surface area (Å²) in [7, 11) is 5.40. The van der Waals surface area contributed by atoms with Gasteiger partial charge in [0.1, 0.15) is 5.75 Å². The van der Waals surface area contributed by atoms with E-state index < -0.39 is 0 Å². The Hall–Kier alpha value is -1.79. The molecule has 0 spiro atoms. The second-order valence-corrected chi connectivity index (χ2v) is 8.75. The van der Waals surface area contributed by atoms with Crippen LogP contribution in [0.2, 0.25) is 0 Å². The van der Waals surface area contributed by atoms with E-state index in [1.807, 2.05) is 13.1 Å². The maximum absolute atomic E-state index is 5.48. The molecule has 168 valence electrons. The summed E-state index contributed by atoms with van der Waals surface area (Å²) in [5.74, 6) is 1.88. The highest BCUT2D eigenvalue weighted by Crippen LogP contribution is 2.41. The topological polar surface area (TPSA) is 58.1 Å². The van der Waals surface area contributed by atoms with E-state index in [1.54, 1.807) is 14.2 Å². The van der Waals surface area contributed by atoms with E-state index in [4.69, 9.17) is 9.47 Å². The summed E-state index contributed by atoms with van der Waals surface area (Å²) >= 11 is 0. The van der Waals surface area contributed by atoms with E-state index >= 15 is 0 Å². The lowest BCUT2D eigenvalue weighted by Crippen LogP contribution is -2.51. The molecule has 6 nitrogen and oxygen atoms in total. The summed E-state index contributed by atoms with van der Waals surface area (Å²) in [5, 5.41) is 7.33. The van der Waals surface area contributed by atoms with Crippen molar-refractivity contribution >= 4 is 5.96 Å². The van der Waals surface area contributed by atoms with Gasteiger partial charge in [0.05, 0.1) is 7.11 Å². The predicted molar refractivity (Wildman–Crippen MR) is 124 cm³/mol. The Labute approximate surface area is 182 Å². The van der Waals surface area contributed by atoms with Crippen LogP contribution in [-0.2, 0) is 10.2 Å². The number of methoxy groups -OCH3 is 2. The molecule has 0 bridgehead atoms. The van der Waals surface area contributed by atoms with Gasteiger partial charge in [0.25, 0.3) is 0 Å². The van der Waals surface area contributed by atoms with Gasteiger partial charge in [0.2, 0.25) is 0 Å². The Balaban J connectivity index is 1.52. The first kappa shape index (κ1) is 22.9. The van der Waals surface area contributed by atoms with Crippen LogP contribution in [-0.4, -0.2) is 71.0 Å². The largest absolute Gasteiger partial charge is 0.497 e. The molecule has 0 aromatic heterocycles. The monoisotopic (exact) mass is 416 g/mol. The van der Waals surface area contributed by atoms with E-state index in [-0.39, 0.29) is 5.41 Å². The molecule has 1 aliphatic heterocycles. The number of piperidine rings is 1. The van der Waals surface area contributed by atoms with Crippen LogP contribution in [0, 0.1) is 0 Å². The zero-order chi connectivity index (χ0) is 21.2. The molecule has 2 fully saturated rings. The molecular formula is C24H40N4O2. The smallest absolute Gasteiger partial charge is 0.191 e. The number of hydrogen-bond donors (Lipinski definition) is 2. The zero-order valence-corrected chi connectivity index (χ0v) is 19.1. The first-order valence-electron chi connectivity index (χ1n) is 11.5. The number of ether oxygens (including phenoxy) is 2. The molecule has 1 aromatic carbocycles. The highest BCUT2D eigenvalue weighted by molar-refractivity contribution is 5.80. The number of likely N-dealkylation sites (tertiary alicyclic amines) is 1. The molecule has 0 amide bonds. The highest BCUT2D eigenvalue weighted by Gasteiger charge is 2.36. The highest BCUT2D eigenvalue weighted by atomic mass is 16.5. The van der Waals surface area contributed by atoms with Crippen LogP contribution in [0.15, 0.2) is 29.3 Å². The average Bonchev–Trinajstić information content (AvgIpc) is 3.28. The van der Waals surface area contributed by atoms with Gasteiger partial charge in [0, 0.05) is 58.4 Å². The number of nitrogens with one attached hydrogen (secondary N) is 2. The summed E-state index contributed by atoms with van der Waals surface area (Å²) in [6.07, 6.45) is 8.43. The Morgan fingerprint density at radius 3 is 2.63 bits per heavy atom. The molecule has 1 heterocycles. The van der Waals surface area contributed by atoms with Gasteiger partial charge in [0.15, 0.2) is 5.96 Å². The third kappa shape index (κ3) is 6.11. The third-order valence-corrected chi connectivity index (χ3v) is 6.81. The lowest BCUT2D eigenvalue weighted by molar-refractivity contribution is 0.155. The first-order chi connectivity index (χ1) is 14.7. The van der Waals surface area contributed by atoms with Crippen molar-refractivity contribution < 1.29 is 9.47 Å². The molecule has 0 radical (unpaired) electrons. The third-order valence-electron chi connectivity index (χ3n) is 6.81. The van der Waals surface area contributed by atoms with Crippen molar-refractivity contribution in [3.05, 3.63) is 29.8 Å². The fourth-order valence-corrected chi connectivity index (χ4v) is 4.95. The number of guanidine groups is 1. The van der Waals surface area contributed by atoms with Crippen molar-refractivity contribution in [2.24, 2.45) is 4.99 Å². The molecule has 2 aliphatic rings. The Kier molecular flexibility index (Phi) is 8.82. The molecule has 1 aliphatic carbocycles. The van der Waals surface area contributed by atoms with Crippen LogP contribution in [0.1, 0.15) is 50.5 Å². The van der Waals surface area contributed by atoms with Crippen molar-refractivity contribution in [2.45, 2.75) is 56.4 Å². The number of aliphatic imine (C=N–C) groups is 1. The van der Waals surface area contributed by atoms with Crippen molar-refractivity contribution in [1.29, 1.82) is 0 Å². The van der Waals surface area contributed by atoms with Crippen molar-refractivity contribution in [3.8, 4) is 5.75 Å². The standard InChI is InChI=1S/C24H40N4O2/c1-25-23(27-21-10-15-28(16-11-21)14-7-17-29-2)26-19-24(12-4-5-13-24)20-8-6-9-22(18-20)30-3/h6,8-9,18,21H,4-5,7,10-17,19H2,1-3H3,(H2,25,26,27). The predicted octanol–water partition coefficient (Wildman–Crippen LogP) is 3.17. The maximum atomic E-state index is 5.48. The SMILES string of the molecule is CN=C(NCC1(c2cccc(OC)c2)CCCC1)NC1CCN(CCCOC)CC1. The van der Waals surface area contributed by atoms with Gasteiger partial charge in [-0.15, -0.1) is 0 Å². The normalized spacial score (nSPS) is 20.3. The van der Waals surface area contributed by atoms with Gasteiger partial charge in [-0.05, 0) is 49.8 Å². The molecule has 6 heteroatoms. The molecule has 0 unspecified atom stereocenters. The zero-order valence-electron chi connectivity index (χ0n) is 19.1. The van der Waals surface area contributed by atoms with Crippen LogP contribution in [0.4, 0.5) is 0 Å². The van der Waals surface area contributed by atoms with Crippen LogP contribution < -0.4 is 15.4 Å². The summed E-state index contributed by atoms with van der Waals surface area (Å²) in [6.45, 7) is 5.19. The summed E-state index contributed by atoms with van der Waals surface area (Å²) < 4.78 is 10.7. The molecule has 30 heavy (non-hydrogen) atoms. The molecule has 1 saturated heterocycles. The van der Waals surface area contributed by atoms with Crippen LogP contribution in [0.25, 0.3) is 0 Å². The maximum Gasteiger partial charge on any atom is 0.191 e. The first-order valence-corrected chi connectivity index (χ1v) is 11.5. The molecule has 1 saturated carbocycles. The number of nitrogens with zero attached hydrogens (tertiary/aromatic N) is 2. The van der Waals surface area contributed by atoms with Crippen LogP contribution in [0.5, 0.6) is 5.75 Å². The van der Waals surface area contributed by atoms with E-state index in [0.717, 1.165) is 63.8 Å². The quantitative estimate of drug-likeness (QED) is 0.368. The van der Waals surface area contributed by atoms with Gasteiger partial charge in [-0.1, -0.05) is 25.0 Å². The second kappa shape index (κ2) is 11.6. The molecule has 1 aromatic rings.